The van der Waals surface area contributed by atoms with Gasteiger partial charge in [-0.2, -0.15) is 0 Å². The SMILES string of the molecule is CCCCCN(CCC(O)C(C)(C)C)C(C)C. The Morgan fingerprint density at radius 1 is 1.06 bits per heavy atom. The van der Waals surface area contributed by atoms with Crippen LogP contribution in [0.3, 0.4) is 0 Å². The van der Waals surface area contributed by atoms with Crippen molar-refractivity contribution in [1.29, 1.82) is 0 Å². The Kier molecular flexibility index (Phi) is 8.06. The third-order valence-corrected chi connectivity index (χ3v) is 3.47. The van der Waals surface area contributed by atoms with Gasteiger partial charge < -0.3 is 10.0 Å². The minimum Gasteiger partial charge on any atom is -0.393 e. The lowest BCUT2D eigenvalue weighted by atomic mass is 9.87. The quantitative estimate of drug-likeness (QED) is 0.657. The maximum atomic E-state index is 10.1. The standard InChI is InChI=1S/C15H33NO/c1-7-8-9-11-16(13(2)3)12-10-14(17)15(4,5)6/h13-14,17H,7-12H2,1-6H3. The van der Waals surface area contributed by atoms with E-state index in [0.717, 1.165) is 13.0 Å². The van der Waals surface area contributed by atoms with Crippen molar-refractivity contribution in [3.05, 3.63) is 0 Å². The molecule has 2 nitrogen and oxygen atoms in total. The highest BCUT2D eigenvalue weighted by Gasteiger charge is 2.22. The Hall–Kier alpha value is -0.0800. The van der Waals surface area contributed by atoms with Gasteiger partial charge in [-0.15, -0.1) is 0 Å². The number of aliphatic hydroxyl groups excluding tert-OH is 1. The van der Waals surface area contributed by atoms with Gasteiger partial charge in [0, 0.05) is 12.6 Å². The molecule has 0 aliphatic rings. The van der Waals surface area contributed by atoms with Crippen LogP contribution < -0.4 is 0 Å². The van der Waals surface area contributed by atoms with Gasteiger partial charge in [0.05, 0.1) is 6.10 Å². The fourth-order valence-electron chi connectivity index (χ4n) is 1.91. The summed E-state index contributed by atoms with van der Waals surface area (Å²) in [4.78, 5) is 2.49. The number of unbranched alkanes of at least 4 members (excludes halogenated alkanes) is 2. The van der Waals surface area contributed by atoms with Crippen molar-refractivity contribution in [2.45, 2.75) is 79.4 Å². The smallest absolute Gasteiger partial charge is 0.0600 e. The maximum Gasteiger partial charge on any atom is 0.0600 e. The van der Waals surface area contributed by atoms with Crippen LogP contribution in [0, 0.1) is 5.41 Å². The summed E-state index contributed by atoms with van der Waals surface area (Å²) in [6.45, 7) is 15.2. The topological polar surface area (TPSA) is 23.5 Å². The van der Waals surface area contributed by atoms with Gasteiger partial charge in [0.2, 0.25) is 0 Å². The minimum atomic E-state index is -0.199. The zero-order chi connectivity index (χ0) is 13.5. The van der Waals surface area contributed by atoms with Crippen molar-refractivity contribution in [3.8, 4) is 0 Å². The van der Waals surface area contributed by atoms with E-state index in [9.17, 15) is 5.11 Å². The number of hydrogen-bond donors (Lipinski definition) is 1. The van der Waals surface area contributed by atoms with E-state index in [4.69, 9.17) is 0 Å². The molecule has 17 heavy (non-hydrogen) atoms. The maximum absolute atomic E-state index is 10.1. The second-order valence-corrected chi connectivity index (χ2v) is 6.51. The second-order valence-electron chi connectivity index (χ2n) is 6.51. The molecule has 0 rings (SSSR count). The molecule has 0 aromatic heterocycles. The summed E-state index contributed by atoms with van der Waals surface area (Å²) in [5, 5.41) is 10.1. The summed E-state index contributed by atoms with van der Waals surface area (Å²) in [6.07, 6.45) is 4.55. The van der Waals surface area contributed by atoms with Crippen LogP contribution in [0.25, 0.3) is 0 Å². The second kappa shape index (κ2) is 8.10. The van der Waals surface area contributed by atoms with Gasteiger partial charge in [0.15, 0.2) is 0 Å². The van der Waals surface area contributed by atoms with Crippen LogP contribution in [0.2, 0.25) is 0 Å². The van der Waals surface area contributed by atoms with E-state index in [1.165, 1.54) is 25.8 Å². The molecule has 1 unspecified atom stereocenters. The Balaban J connectivity index is 4.00. The largest absolute Gasteiger partial charge is 0.393 e. The molecule has 104 valence electrons. The lowest BCUT2D eigenvalue weighted by Crippen LogP contribution is -2.37. The molecule has 2 heteroatoms. The lowest BCUT2D eigenvalue weighted by molar-refractivity contribution is 0.0420. The van der Waals surface area contributed by atoms with E-state index in [1.807, 2.05) is 0 Å². The van der Waals surface area contributed by atoms with Crippen LogP contribution in [-0.2, 0) is 0 Å². The van der Waals surface area contributed by atoms with Crippen molar-refractivity contribution < 1.29 is 5.11 Å². The normalized spacial score (nSPS) is 14.6. The highest BCUT2D eigenvalue weighted by atomic mass is 16.3. The summed E-state index contributed by atoms with van der Waals surface area (Å²) in [7, 11) is 0. The molecule has 0 saturated carbocycles. The number of nitrogens with zero attached hydrogens (tertiary/aromatic N) is 1. The fourth-order valence-corrected chi connectivity index (χ4v) is 1.91. The van der Waals surface area contributed by atoms with Crippen LogP contribution in [0.1, 0.15) is 67.2 Å². The molecule has 0 radical (unpaired) electrons. The Morgan fingerprint density at radius 3 is 2.06 bits per heavy atom. The van der Waals surface area contributed by atoms with Crippen LogP contribution in [0.5, 0.6) is 0 Å². The predicted molar refractivity (Wildman–Crippen MR) is 76.3 cm³/mol. The third-order valence-electron chi connectivity index (χ3n) is 3.47. The minimum absolute atomic E-state index is 0.00602. The van der Waals surface area contributed by atoms with E-state index in [-0.39, 0.29) is 11.5 Å². The molecular formula is C15H33NO. The van der Waals surface area contributed by atoms with E-state index < -0.39 is 0 Å². The highest BCUT2D eigenvalue weighted by Crippen LogP contribution is 2.22. The van der Waals surface area contributed by atoms with Crippen LogP contribution in [0.4, 0.5) is 0 Å². The molecule has 0 aromatic rings. The first-order valence-electron chi connectivity index (χ1n) is 7.21. The van der Waals surface area contributed by atoms with E-state index in [1.54, 1.807) is 0 Å². The Labute approximate surface area is 108 Å². The van der Waals surface area contributed by atoms with Crippen LogP contribution in [0.15, 0.2) is 0 Å². The molecule has 0 saturated heterocycles. The highest BCUT2D eigenvalue weighted by molar-refractivity contribution is 4.75. The lowest BCUT2D eigenvalue weighted by Gasteiger charge is -2.31. The fraction of sp³-hybridized carbons (Fsp3) is 1.00. The molecule has 0 aromatic carbocycles. The summed E-state index contributed by atoms with van der Waals surface area (Å²) in [5.74, 6) is 0. The van der Waals surface area contributed by atoms with Gasteiger partial charge in [-0.3, -0.25) is 0 Å². The molecule has 0 aliphatic carbocycles. The van der Waals surface area contributed by atoms with Gasteiger partial charge >= 0.3 is 0 Å². The number of hydrogen-bond acceptors (Lipinski definition) is 2. The molecule has 0 aliphatic heterocycles. The molecule has 0 heterocycles. The molecular weight excluding hydrogens is 210 g/mol. The third kappa shape index (κ3) is 7.77. The molecule has 0 bridgehead atoms. The van der Waals surface area contributed by atoms with Gasteiger partial charge in [-0.25, -0.2) is 0 Å². The summed E-state index contributed by atoms with van der Waals surface area (Å²) in [6, 6.07) is 0.582. The monoisotopic (exact) mass is 243 g/mol. The summed E-state index contributed by atoms with van der Waals surface area (Å²) >= 11 is 0. The van der Waals surface area contributed by atoms with Crippen LogP contribution in [-0.4, -0.2) is 35.2 Å². The van der Waals surface area contributed by atoms with Crippen molar-refractivity contribution in [1.82, 2.24) is 4.90 Å². The zero-order valence-electron chi connectivity index (χ0n) is 12.8. The van der Waals surface area contributed by atoms with E-state index in [0.29, 0.717) is 6.04 Å². The molecule has 0 fully saturated rings. The molecule has 1 N–H and O–H groups in total. The summed E-state index contributed by atoms with van der Waals surface area (Å²) < 4.78 is 0. The van der Waals surface area contributed by atoms with Crippen molar-refractivity contribution in [3.63, 3.8) is 0 Å². The molecule has 0 spiro atoms. The zero-order valence-corrected chi connectivity index (χ0v) is 12.8. The first-order valence-corrected chi connectivity index (χ1v) is 7.21. The van der Waals surface area contributed by atoms with E-state index >= 15 is 0 Å². The van der Waals surface area contributed by atoms with Gasteiger partial charge in [0.25, 0.3) is 0 Å². The Bertz CT molecular complexity index is 184. The first-order chi connectivity index (χ1) is 7.79. The first kappa shape index (κ1) is 16.9. The van der Waals surface area contributed by atoms with E-state index in [2.05, 4.69) is 46.4 Å². The number of aliphatic hydroxyl groups is 1. The van der Waals surface area contributed by atoms with Crippen LogP contribution >= 0.6 is 0 Å². The Morgan fingerprint density at radius 2 is 1.65 bits per heavy atom. The van der Waals surface area contributed by atoms with Crippen molar-refractivity contribution >= 4 is 0 Å². The van der Waals surface area contributed by atoms with Crippen molar-refractivity contribution in [2.75, 3.05) is 13.1 Å². The van der Waals surface area contributed by atoms with Gasteiger partial charge in [-0.1, -0.05) is 40.5 Å². The molecule has 0 amide bonds. The van der Waals surface area contributed by atoms with Gasteiger partial charge in [0.1, 0.15) is 0 Å². The predicted octanol–water partition coefficient (Wildman–Crippen LogP) is 3.68. The average Bonchev–Trinajstić information content (AvgIpc) is 2.20. The summed E-state index contributed by atoms with van der Waals surface area (Å²) in [5.41, 5.74) is 0.00602. The average molecular weight is 243 g/mol. The number of rotatable bonds is 8. The molecule has 1 atom stereocenters. The van der Waals surface area contributed by atoms with Crippen molar-refractivity contribution in [2.24, 2.45) is 5.41 Å². The van der Waals surface area contributed by atoms with Gasteiger partial charge in [-0.05, 0) is 38.6 Å².